The normalized spacial score (nSPS) is 11.5. The number of carbonyl (C=O) groups excluding carboxylic acids is 2. The van der Waals surface area contributed by atoms with Gasteiger partial charge < -0.3 is 10.1 Å². The molecule has 0 aliphatic heterocycles. The summed E-state index contributed by atoms with van der Waals surface area (Å²) >= 11 is 7.26. The largest absolute Gasteiger partial charge is 0.438 e. The van der Waals surface area contributed by atoms with Crippen molar-refractivity contribution in [1.29, 1.82) is 0 Å². The van der Waals surface area contributed by atoms with E-state index in [-0.39, 0.29) is 22.4 Å². The Morgan fingerprint density at radius 2 is 1.78 bits per heavy atom. The lowest BCUT2D eigenvalue weighted by molar-refractivity contribution is -0.427. The zero-order valence-corrected chi connectivity index (χ0v) is 21.5. The van der Waals surface area contributed by atoms with Crippen molar-refractivity contribution in [2.45, 2.75) is 24.9 Å². The molecule has 0 saturated heterocycles. The summed E-state index contributed by atoms with van der Waals surface area (Å²) in [6.07, 6.45) is 3.22. The first kappa shape index (κ1) is 26.1. The molecule has 2 amide bonds. The van der Waals surface area contributed by atoms with Gasteiger partial charge in [0.1, 0.15) is 17.1 Å². The van der Waals surface area contributed by atoms with Gasteiger partial charge in [-0.25, -0.2) is 14.4 Å². The zero-order chi connectivity index (χ0) is 26.4. The van der Waals surface area contributed by atoms with Gasteiger partial charge in [0.25, 0.3) is 16.8 Å². The number of benzene rings is 2. The second-order valence-electron chi connectivity index (χ2n) is 8.14. The van der Waals surface area contributed by atoms with E-state index in [2.05, 4.69) is 20.0 Å². The third kappa shape index (κ3) is 7.05. The number of amides is 2. The van der Waals surface area contributed by atoms with Crippen molar-refractivity contribution in [3.8, 4) is 11.6 Å². The van der Waals surface area contributed by atoms with E-state index in [9.17, 15) is 14.0 Å². The maximum Gasteiger partial charge on any atom is 0.261 e. The maximum atomic E-state index is 13.2. The van der Waals surface area contributed by atoms with Gasteiger partial charge in [0.05, 0.1) is 23.0 Å². The smallest absolute Gasteiger partial charge is 0.261 e. The quantitative estimate of drug-likeness (QED) is 0.280. The fourth-order valence-corrected chi connectivity index (χ4v) is 4.01. The average molecular weight is 538 g/mol. The van der Waals surface area contributed by atoms with Gasteiger partial charge in [-0.2, -0.15) is 0 Å². The van der Waals surface area contributed by atoms with Crippen LogP contribution in [0.5, 0.6) is 11.6 Å². The van der Waals surface area contributed by atoms with E-state index in [1.54, 1.807) is 24.3 Å². The summed E-state index contributed by atoms with van der Waals surface area (Å²) in [5, 5.41) is 3.96. The lowest BCUT2D eigenvalue weighted by Crippen LogP contribution is -2.27. The van der Waals surface area contributed by atoms with Crippen molar-refractivity contribution < 1.29 is 23.7 Å². The lowest BCUT2D eigenvalue weighted by Gasteiger charge is -2.16. The summed E-state index contributed by atoms with van der Waals surface area (Å²) < 4.78 is 21.7. The monoisotopic (exact) mass is 537 g/mol. The molecule has 7 nitrogen and oxygen atoms in total. The van der Waals surface area contributed by atoms with E-state index in [1.165, 1.54) is 48.5 Å². The molecule has 4 aromatic rings. The summed E-state index contributed by atoms with van der Waals surface area (Å²) in [4.78, 5) is 32.7. The van der Waals surface area contributed by atoms with Gasteiger partial charge in [-0.3, -0.25) is 14.3 Å². The number of pyridine rings is 2. The standard InChI is InChI=1S/C27H22ClFN4O3S/c1-16-3-12-24(30-14-16)37-33-25(34)19-6-4-18(5-7-19)17(2)32-26(35)23-13-20(28)15-31-27(23)36-22-10-8-21(29)9-11-22/h3-15,17H,1-2H3,(H,32,35)(H,33,34)/p+1/t17-/m0/s1. The van der Waals surface area contributed by atoms with E-state index in [4.69, 9.17) is 16.3 Å². The predicted octanol–water partition coefficient (Wildman–Crippen LogP) is 5.72. The number of rotatable bonds is 8. The van der Waals surface area contributed by atoms with Crippen LogP contribution in [0.4, 0.5) is 4.39 Å². The molecule has 2 aromatic carbocycles. The van der Waals surface area contributed by atoms with Crippen molar-refractivity contribution in [3.63, 3.8) is 0 Å². The minimum Gasteiger partial charge on any atom is -0.438 e. The van der Waals surface area contributed by atoms with Crippen molar-refractivity contribution in [2.75, 3.05) is 0 Å². The third-order valence-corrected chi connectivity index (χ3v) is 6.27. The topological polar surface area (TPSA) is 94.5 Å². The Morgan fingerprint density at radius 3 is 2.46 bits per heavy atom. The van der Waals surface area contributed by atoms with Crippen LogP contribution in [0.15, 0.2) is 84.1 Å². The van der Waals surface area contributed by atoms with Gasteiger partial charge in [-0.15, -0.1) is 0 Å². The van der Waals surface area contributed by atoms with Crippen LogP contribution in [0.2, 0.25) is 5.02 Å². The van der Waals surface area contributed by atoms with Crippen LogP contribution in [-0.4, -0.2) is 16.8 Å². The SMILES string of the molecule is Cc1ccc(SNC(=O)c2ccc([C@H](C)NC(=O)c3cc(Cl)cnc3Oc3ccc(F)cc3)cc2)[nH+]c1. The van der Waals surface area contributed by atoms with E-state index in [1.807, 2.05) is 32.2 Å². The minimum absolute atomic E-state index is 0.0380. The molecule has 0 aliphatic rings. The van der Waals surface area contributed by atoms with Crippen LogP contribution in [0, 0.1) is 12.7 Å². The molecule has 10 heteroatoms. The predicted molar refractivity (Wildman–Crippen MR) is 139 cm³/mol. The highest BCUT2D eigenvalue weighted by Gasteiger charge is 2.19. The number of aryl methyl sites for hydroxylation is 1. The fourth-order valence-electron chi connectivity index (χ4n) is 3.28. The Balaban J connectivity index is 1.40. The molecule has 1 atom stereocenters. The highest BCUT2D eigenvalue weighted by atomic mass is 35.5. The van der Waals surface area contributed by atoms with E-state index < -0.39 is 17.8 Å². The van der Waals surface area contributed by atoms with Crippen LogP contribution in [0.1, 0.15) is 44.8 Å². The van der Waals surface area contributed by atoms with Gasteiger partial charge >= 0.3 is 0 Å². The number of H-pyrrole nitrogens is 1. The molecule has 2 aromatic heterocycles. The highest BCUT2D eigenvalue weighted by Crippen LogP contribution is 2.26. The fraction of sp³-hybridized carbons (Fsp3) is 0.111. The zero-order valence-electron chi connectivity index (χ0n) is 19.9. The van der Waals surface area contributed by atoms with Crippen LogP contribution in [0.25, 0.3) is 0 Å². The van der Waals surface area contributed by atoms with Crippen LogP contribution in [-0.2, 0) is 0 Å². The van der Waals surface area contributed by atoms with Gasteiger partial charge in [-0.05, 0) is 67.9 Å². The number of aromatic nitrogens is 2. The second kappa shape index (κ2) is 11.9. The number of carbonyl (C=O) groups is 2. The second-order valence-corrected chi connectivity index (χ2v) is 9.43. The number of nitrogens with zero attached hydrogens (tertiary/aromatic N) is 1. The Bertz CT molecular complexity index is 1400. The van der Waals surface area contributed by atoms with Crippen LogP contribution < -0.4 is 19.8 Å². The number of hydrogen-bond acceptors (Lipinski definition) is 5. The first-order valence-corrected chi connectivity index (χ1v) is 12.4. The third-order valence-electron chi connectivity index (χ3n) is 5.30. The molecule has 0 saturated carbocycles. The first-order chi connectivity index (χ1) is 17.8. The number of aromatic amines is 1. The Labute approximate surface area is 222 Å². The highest BCUT2D eigenvalue weighted by molar-refractivity contribution is 7.97. The molecule has 37 heavy (non-hydrogen) atoms. The van der Waals surface area contributed by atoms with Crippen molar-refractivity contribution >= 4 is 35.4 Å². The van der Waals surface area contributed by atoms with Crippen LogP contribution in [0.3, 0.4) is 0 Å². The number of halogens is 2. The summed E-state index contributed by atoms with van der Waals surface area (Å²) in [5.41, 5.74) is 2.50. The summed E-state index contributed by atoms with van der Waals surface area (Å²) in [6.45, 7) is 3.79. The molecule has 188 valence electrons. The van der Waals surface area contributed by atoms with E-state index >= 15 is 0 Å². The molecule has 0 aliphatic carbocycles. The number of nitrogens with one attached hydrogen (secondary N) is 3. The van der Waals surface area contributed by atoms with Crippen molar-refractivity contribution in [3.05, 3.63) is 112 Å². The maximum absolute atomic E-state index is 13.2. The van der Waals surface area contributed by atoms with Gasteiger partial charge in [-0.1, -0.05) is 23.7 Å². The average Bonchev–Trinajstić information content (AvgIpc) is 2.90. The van der Waals surface area contributed by atoms with Gasteiger partial charge in [0.15, 0.2) is 6.20 Å². The van der Waals surface area contributed by atoms with E-state index in [0.717, 1.165) is 16.2 Å². The molecule has 0 radical (unpaired) electrons. The molecule has 4 rings (SSSR count). The molecule has 3 N–H and O–H groups in total. The molecule has 0 fully saturated rings. The van der Waals surface area contributed by atoms with Crippen LogP contribution >= 0.6 is 23.5 Å². The Morgan fingerprint density at radius 1 is 1.05 bits per heavy atom. The Hall–Kier alpha value is -3.95. The van der Waals surface area contributed by atoms with E-state index in [0.29, 0.717) is 11.3 Å². The summed E-state index contributed by atoms with van der Waals surface area (Å²) in [7, 11) is 0. The first-order valence-electron chi connectivity index (χ1n) is 11.2. The molecular formula is C27H23ClFN4O3S+. The number of hydrogen-bond donors (Lipinski definition) is 2. The van der Waals surface area contributed by atoms with Gasteiger partial charge in [0, 0.05) is 23.4 Å². The van der Waals surface area contributed by atoms with Crippen molar-refractivity contribution in [2.24, 2.45) is 0 Å². The van der Waals surface area contributed by atoms with Crippen molar-refractivity contribution in [1.82, 2.24) is 15.0 Å². The van der Waals surface area contributed by atoms with Gasteiger partial charge in [0.2, 0.25) is 5.88 Å². The molecular weight excluding hydrogens is 515 g/mol. The summed E-state index contributed by atoms with van der Waals surface area (Å²) in [6, 6.07) is 17.2. The summed E-state index contributed by atoms with van der Waals surface area (Å²) in [5.74, 6) is -0.737. The lowest BCUT2D eigenvalue weighted by atomic mass is 10.1. The number of ether oxygens (including phenoxy) is 1. The molecule has 0 unspecified atom stereocenters. The Kier molecular flexibility index (Phi) is 8.37. The molecule has 0 bridgehead atoms. The molecule has 0 spiro atoms. The minimum atomic E-state index is -0.452. The molecule has 2 heterocycles.